The Balaban J connectivity index is 1.74. The van der Waals surface area contributed by atoms with Crippen molar-refractivity contribution < 1.29 is 14.6 Å². The van der Waals surface area contributed by atoms with E-state index in [4.69, 9.17) is 4.74 Å². The van der Waals surface area contributed by atoms with Gasteiger partial charge in [0.15, 0.2) is 11.5 Å². The Hall–Kier alpha value is -3.54. The zero-order valence-electron chi connectivity index (χ0n) is 14.3. The average Bonchev–Trinajstić information content (AvgIpc) is 3.19. The van der Waals surface area contributed by atoms with Gasteiger partial charge in [-0.15, -0.1) is 0 Å². The molecule has 26 heavy (non-hydrogen) atoms. The zero-order chi connectivity index (χ0) is 18.4. The van der Waals surface area contributed by atoms with Crippen molar-refractivity contribution >= 4 is 12.1 Å². The summed E-state index contributed by atoms with van der Waals surface area (Å²) in [7, 11) is 0. The smallest absolute Gasteiger partial charge is 0.273 e. The van der Waals surface area contributed by atoms with Crippen molar-refractivity contribution in [2.75, 3.05) is 6.61 Å². The first-order valence-electron chi connectivity index (χ1n) is 8.20. The molecule has 3 rings (SSSR count). The molecule has 1 aromatic heterocycles. The topological polar surface area (TPSA) is 75.8 Å². The maximum atomic E-state index is 12.5. The van der Waals surface area contributed by atoms with Crippen LogP contribution in [0.1, 0.15) is 22.8 Å². The minimum Gasteiger partial charge on any atom is -0.504 e. The molecule has 1 heterocycles. The highest BCUT2D eigenvalue weighted by Gasteiger charge is 2.11. The van der Waals surface area contributed by atoms with Crippen molar-refractivity contribution in [2.45, 2.75) is 6.92 Å². The number of hydrogen-bond acceptors (Lipinski definition) is 4. The molecular weight excluding hydrogens is 330 g/mol. The molecule has 0 atom stereocenters. The van der Waals surface area contributed by atoms with Crippen molar-refractivity contribution in [1.82, 2.24) is 9.99 Å². The van der Waals surface area contributed by atoms with Gasteiger partial charge in [-0.25, -0.2) is 5.43 Å². The van der Waals surface area contributed by atoms with Crippen LogP contribution >= 0.6 is 0 Å². The third-order valence-corrected chi connectivity index (χ3v) is 3.69. The van der Waals surface area contributed by atoms with Crippen LogP contribution in [0.4, 0.5) is 0 Å². The van der Waals surface area contributed by atoms with Crippen LogP contribution in [0.5, 0.6) is 11.5 Å². The summed E-state index contributed by atoms with van der Waals surface area (Å²) in [6, 6.07) is 15.9. The van der Waals surface area contributed by atoms with Gasteiger partial charge in [-0.3, -0.25) is 4.79 Å². The maximum absolute atomic E-state index is 12.5. The summed E-state index contributed by atoms with van der Waals surface area (Å²) >= 11 is 0. The summed E-state index contributed by atoms with van der Waals surface area (Å²) in [5.74, 6) is 0.128. The van der Waals surface area contributed by atoms with E-state index < -0.39 is 0 Å². The number of amides is 1. The first-order chi connectivity index (χ1) is 12.7. The lowest BCUT2D eigenvalue weighted by molar-refractivity contribution is 0.0955. The lowest BCUT2D eigenvalue weighted by Crippen LogP contribution is -2.19. The lowest BCUT2D eigenvalue weighted by atomic mass is 10.1. The molecule has 0 fully saturated rings. The molecule has 6 nitrogen and oxygen atoms in total. The molecule has 0 spiro atoms. The molecule has 0 saturated heterocycles. The fourth-order valence-electron chi connectivity index (χ4n) is 2.49. The Labute approximate surface area is 151 Å². The van der Waals surface area contributed by atoms with E-state index >= 15 is 0 Å². The number of aromatic hydroxyl groups is 1. The van der Waals surface area contributed by atoms with Gasteiger partial charge in [0.1, 0.15) is 0 Å². The van der Waals surface area contributed by atoms with Crippen LogP contribution in [-0.4, -0.2) is 28.4 Å². The molecule has 0 saturated carbocycles. The molecule has 1 amide bonds. The van der Waals surface area contributed by atoms with E-state index in [-0.39, 0.29) is 11.7 Å². The molecular formula is C20H19N3O3. The third kappa shape index (κ3) is 3.92. The van der Waals surface area contributed by atoms with Gasteiger partial charge in [0, 0.05) is 12.4 Å². The molecule has 0 aliphatic heterocycles. The molecule has 6 heteroatoms. The van der Waals surface area contributed by atoms with Crippen molar-refractivity contribution in [3.63, 3.8) is 0 Å². The third-order valence-electron chi connectivity index (χ3n) is 3.69. The summed E-state index contributed by atoms with van der Waals surface area (Å²) in [4.78, 5) is 12.5. The standard InChI is InChI=1S/C20H19N3O3/c1-2-26-19-13-15(9-10-18(19)24)14-21-22-20(25)16-7-3-4-8-17(16)23-11-5-6-12-23/h3-14,24H,2H2,1H3,(H,22,25)/b21-14+. The van der Waals surface area contributed by atoms with Crippen LogP contribution in [-0.2, 0) is 0 Å². The minimum atomic E-state index is -0.311. The Morgan fingerprint density at radius 1 is 1.19 bits per heavy atom. The molecule has 0 unspecified atom stereocenters. The van der Waals surface area contributed by atoms with Crippen molar-refractivity contribution in [3.8, 4) is 17.2 Å². The second-order valence-electron chi connectivity index (χ2n) is 5.47. The molecule has 0 radical (unpaired) electrons. The zero-order valence-corrected chi connectivity index (χ0v) is 14.3. The van der Waals surface area contributed by atoms with Gasteiger partial charge in [0.2, 0.25) is 0 Å². The number of para-hydroxylation sites is 1. The second-order valence-corrected chi connectivity index (χ2v) is 5.47. The Morgan fingerprint density at radius 2 is 1.96 bits per heavy atom. The van der Waals surface area contributed by atoms with E-state index in [1.807, 2.05) is 48.1 Å². The number of carbonyl (C=O) groups excluding carboxylic acids is 1. The summed E-state index contributed by atoms with van der Waals surface area (Å²) in [6.45, 7) is 2.28. The number of nitrogens with one attached hydrogen (secondary N) is 1. The Morgan fingerprint density at radius 3 is 2.73 bits per heavy atom. The second kappa shape index (κ2) is 8.02. The number of phenolic OH excluding ortho intramolecular Hbond substituents is 1. The van der Waals surface area contributed by atoms with E-state index in [1.54, 1.807) is 24.3 Å². The lowest BCUT2D eigenvalue weighted by Gasteiger charge is -2.09. The van der Waals surface area contributed by atoms with Gasteiger partial charge in [0.05, 0.1) is 24.1 Å². The van der Waals surface area contributed by atoms with Gasteiger partial charge < -0.3 is 14.4 Å². The quantitative estimate of drug-likeness (QED) is 0.529. The first-order valence-corrected chi connectivity index (χ1v) is 8.20. The van der Waals surface area contributed by atoms with Crippen LogP contribution in [0.3, 0.4) is 0 Å². The van der Waals surface area contributed by atoms with E-state index in [1.165, 1.54) is 12.3 Å². The summed E-state index contributed by atoms with van der Waals surface area (Å²) in [5.41, 5.74) is 4.52. The number of hydrogen-bond donors (Lipinski definition) is 2. The molecule has 2 N–H and O–H groups in total. The molecule has 0 aliphatic carbocycles. The molecule has 0 bridgehead atoms. The maximum Gasteiger partial charge on any atom is 0.273 e. The largest absolute Gasteiger partial charge is 0.504 e. The molecule has 2 aromatic carbocycles. The van der Waals surface area contributed by atoms with Gasteiger partial charge in [-0.2, -0.15) is 5.10 Å². The van der Waals surface area contributed by atoms with E-state index in [0.29, 0.717) is 23.5 Å². The highest BCUT2D eigenvalue weighted by molar-refractivity contribution is 5.98. The number of carbonyl (C=O) groups is 1. The Bertz CT molecular complexity index is 918. The van der Waals surface area contributed by atoms with Gasteiger partial charge >= 0.3 is 0 Å². The minimum absolute atomic E-state index is 0.0636. The number of nitrogens with zero attached hydrogens (tertiary/aromatic N) is 2. The number of phenols is 1. The van der Waals surface area contributed by atoms with Crippen LogP contribution in [0.25, 0.3) is 5.69 Å². The number of hydrazone groups is 1. The highest BCUT2D eigenvalue weighted by Crippen LogP contribution is 2.26. The van der Waals surface area contributed by atoms with Gasteiger partial charge in [-0.1, -0.05) is 12.1 Å². The highest BCUT2D eigenvalue weighted by atomic mass is 16.5. The first kappa shape index (κ1) is 17.3. The van der Waals surface area contributed by atoms with Gasteiger partial charge in [-0.05, 0) is 55.0 Å². The predicted octanol–water partition coefficient (Wildman–Crippen LogP) is 3.35. The monoisotopic (exact) mass is 349 g/mol. The number of benzene rings is 2. The number of ether oxygens (including phenoxy) is 1. The molecule has 0 aliphatic rings. The average molecular weight is 349 g/mol. The number of aromatic nitrogens is 1. The van der Waals surface area contributed by atoms with Crippen LogP contribution in [0.15, 0.2) is 72.1 Å². The van der Waals surface area contributed by atoms with Gasteiger partial charge in [0.25, 0.3) is 5.91 Å². The Kier molecular flexibility index (Phi) is 5.34. The van der Waals surface area contributed by atoms with Crippen LogP contribution in [0, 0.1) is 0 Å². The van der Waals surface area contributed by atoms with Crippen LogP contribution in [0.2, 0.25) is 0 Å². The molecule has 132 valence electrons. The number of rotatable bonds is 6. The normalized spacial score (nSPS) is 10.8. The fourth-order valence-corrected chi connectivity index (χ4v) is 2.49. The van der Waals surface area contributed by atoms with Crippen molar-refractivity contribution in [1.29, 1.82) is 0 Å². The summed E-state index contributed by atoms with van der Waals surface area (Å²) in [6.07, 6.45) is 5.25. The predicted molar refractivity (Wildman–Crippen MR) is 100 cm³/mol. The molecule has 3 aromatic rings. The summed E-state index contributed by atoms with van der Waals surface area (Å²) in [5, 5.41) is 13.7. The van der Waals surface area contributed by atoms with E-state index in [9.17, 15) is 9.90 Å². The summed E-state index contributed by atoms with van der Waals surface area (Å²) < 4.78 is 7.20. The van der Waals surface area contributed by atoms with E-state index in [0.717, 1.165) is 5.69 Å². The van der Waals surface area contributed by atoms with Crippen molar-refractivity contribution in [3.05, 3.63) is 78.1 Å². The van der Waals surface area contributed by atoms with E-state index in [2.05, 4.69) is 10.5 Å². The SMILES string of the molecule is CCOc1cc(/C=N/NC(=O)c2ccccc2-n2cccc2)ccc1O. The van der Waals surface area contributed by atoms with Crippen molar-refractivity contribution in [2.24, 2.45) is 5.10 Å². The fraction of sp³-hybridized carbons (Fsp3) is 0.100. The van der Waals surface area contributed by atoms with Crippen LogP contribution < -0.4 is 10.2 Å².